The molecule has 0 aliphatic rings. The number of carbonyl (C=O) groups is 1. The molecule has 0 saturated heterocycles. The molecule has 2 rings (SSSR count). The molecule has 22 heavy (non-hydrogen) atoms. The predicted octanol–water partition coefficient (Wildman–Crippen LogP) is 3.50. The lowest BCUT2D eigenvalue weighted by Crippen LogP contribution is -2.29. The van der Waals surface area contributed by atoms with Crippen LogP contribution in [0.3, 0.4) is 0 Å². The van der Waals surface area contributed by atoms with Crippen LogP contribution in [0.1, 0.15) is 32.4 Å². The summed E-state index contributed by atoms with van der Waals surface area (Å²) in [6.45, 7) is 4.65. The largest absolute Gasteiger partial charge is 0.338 e. The highest BCUT2D eigenvalue weighted by molar-refractivity contribution is 5.89. The molecule has 0 saturated carbocycles. The molecule has 0 aliphatic carbocycles. The maximum Gasteiger partial charge on any atom is 0.319 e. The summed E-state index contributed by atoms with van der Waals surface area (Å²) >= 11 is 0. The molecule has 1 aromatic heterocycles. The van der Waals surface area contributed by atoms with Gasteiger partial charge in [0.25, 0.3) is 0 Å². The van der Waals surface area contributed by atoms with Crippen LogP contribution in [0.4, 0.5) is 14.9 Å². The minimum atomic E-state index is -0.314. The van der Waals surface area contributed by atoms with Gasteiger partial charge >= 0.3 is 6.03 Å². The van der Waals surface area contributed by atoms with Crippen LogP contribution in [0.15, 0.2) is 30.5 Å². The third kappa shape index (κ3) is 3.84. The quantitative estimate of drug-likeness (QED) is 0.858. The van der Waals surface area contributed by atoms with Gasteiger partial charge in [-0.1, -0.05) is 26.3 Å². The second kappa shape index (κ2) is 7.59. The van der Waals surface area contributed by atoms with Gasteiger partial charge in [0.15, 0.2) is 0 Å². The lowest BCUT2D eigenvalue weighted by atomic mass is 10.2. The number of hydrogen-bond acceptors (Lipinski definition) is 2. The Kier molecular flexibility index (Phi) is 5.52. The average Bonchev–Trinajstić information content (AvgIpc) is 2.88. The molecule has 5 nitrogen and oxygen atoms in total. The van der Waals surface area contributed by atoms with E-state index in [9.17, 15) is 9.18 Å². The lowest BCUT2D eigenvalue weighted by Gasteiger charge is -2.10. The zero-order valence-electron chi connectivity index (χ0n) is 12.9. The van der Waals surface area contributed by atoms with E-state index in [1.54, 1.807) is 23.0 Å². The first-order chi connectivity index (χ1) is 10.7. The maximum atomic E-state index is 13.4. The zero-order chi connectivity index (χ0) is 15.9. The van der Waals surface area contributed by atoms with Crippen LogP contribution in [-0.4, -0.2) is 22.4 Å². The van der Waals surface area contributed by atoms with Crippen LogP contribution in [0.2, 0.25) is 0 Å². The number of anilines is 1. The van der Waals surface area contributed by atoms with E-state index in [0.29, 0.717) is 17.9 Å². The molecule has 0 spiro atoms. The summed E-state index contributed by atoms with van der Waals surface area (Å²) in [6.07, 6.45) is 4.10. The number of halogens is 1. The monoisotopic (exact) mass is 304 g/mol. The van der Waals surface area contributed by atoms with Gasteiger partial charge in [0.05, 0.1) is 23.3 Å². The third-order valence-electron chi connectivity index (χ3n) is 3.19. The first kappa shape index (κ1) is 16.0. The topological polar surface area (TPSA) is 59.0 Å². The molecular formula is C16H21FN4O. The normalized spacial score (nSPS) is 10.5. The fourth-order valence-corrected chi connectivity index (χ4v) is 2.19. The average molecular weight is 304 g/mol. The van der Waals surface area contributed by atoms with E-state index in [1.807, 2.05) is 13.8 Å². The number of benzene rings is 1. The fraction of sp³-hybridized carbons (Fsp3) is 0.375. The van der Waals surface area contributed by atoms with Crippen molar-refractivity contribution in [1.29, 1.82) is 0 Å². The summed E-state index contributed by atoms with van der Waals surface area (Å²) in [4.78, 5) is 11.8. The minimum Gasteiger partial charge on any atom is -0.338 e. The van der Waals surface area contributed by atoms with Crippen LogP contribution >= 0.6 is 0 Å². The summed E-state index contributed by atoms with van der Waals surface area (Å²) in [5.74, 6) is -0.314. The number of nitrogens with zero attached hydrogens (tertiary/aromatic N) is 2. The van der Waals surface area contributed by atoms with Crippen molar-refractivity contribution in [2.24, 2.45) is 0 Å². The Hall–Kier alpha value is -2.37. The summed E-state index contributed by atoms with van der Waals surface area (Å²) in [7, 11) is 0. The molecule has 0 aliphatic heterocycles. The van der Waals surface area contributed by atoms with E-state index in [-0.39, 0.29) is 11.8 Å². The zero-order valence-corrected chi connectivity index (χ0v) is 12.9. The molecule has 1 aromatic carbocycles. The number of amides is 2. The van der Waals surface area contributed by atoms with Gasteiger partial charge in [0.2, 0.25) is 0 Å². The lowest BCUT2D eigenvalue weighted by molar-refractivity contribution is 0.252. The number of urea groups is 1. The van der Waals surface area contributed by atoms with Gasteiger partial charge in [-0.15, -0.1) is 0 Å². The van der Waals surface area contributed by atoms with Crippen molar-refractivity contribution in [3.63, 3.8) is 0 Å². The summed E-state index contributed by atoms with van der Waals surface area (Å²) in [5, 5.41) is 9.86. The number of nitrogens with one attached hydrogen (secondary N) is 2. The number of rotatable bonds is 6. The predicted molar refractivity (Wildman–Crippen MR) is 84.8 cm³/mol. The number of carbonyl (C=O) groups excluding carboxylic acids is 1. The SMILES string of the molecule is CCCNC(=O)Nc1cnn(-c2cccc(F)c2)c1CCC. The molecule has 0 radical (unpaired) electrons. The molecule has 0 fully saturated rings. The smallest absolute Gasteiger partial charge is 0.319 e. The Bertz CT molecular complexity index is 639. The van der Waals surface area contributed by atoms with E-state index in [0.717, 1.165) is 25.0 Å². The van der Waals surface area contributed by atoms with Crippen LogP contribution in [0, 0.1) is 5.82 Å². The van der Waals surface area contributed by atoms with Crippen molar-refractivity contribution in [2.75, 3.05) is 11.9 Å². The Morgan fingerprint density at radius 1 is 1.32 bits per heavy atom. The Balaban J connectivity index is 2.27. The van der Waals surface area contributed by atoms with E-state index in [4.69, 9.17) is 0 Å². The Labute approximate surface area is 129 Å². The van der Waals surface area contributed by atoms with Crippen LogP contribution in [0.5, 0.6) is 0 Å². The van der Waals surface area contributed by atoms with Gasteiger partial charge in [-0.05, 0) is 31.0 Å². The molecule has 0 unspecified atom stereocenters. The number of hydrogen-bond donors (Lipinski definition) is 2. The highest BCUT2D eigenvalue weighted by atomic mass is 19.1. The highest BCUT2D eigenvalue weighted by Crippen LogP contribution is 2.21. The van der Waals surface area contributed by atoms with E-state index in [1.165, 1.54) is 12.1 Å². The van der Waals surface area contributed by atoms with Gasteiger partial charge in [-0.2, -0.15) is 5.10 Å². The van der Waals surface area contributed by atoms with Crippen molar-refractivity contribution in [3.8, 4) is 5.69 Å². The van der Waals surface area contributed by atoms with Gasteiger partial charge in [-0.3, -0.25) is 0 Å². The summed E-state index contributed by atoms with van der Waals surface area (Å²) in [5.41, 5.74) is 2.16. The third-order valence-corrected chi connectivity index (χ3v) is 3.19. The van der Waals surface area contributed by atoms with Crippen molar-refractivity contribution in [2.45, 2.75) is 33.1 Å². The first-order valence-corrected chi connectivity index (χ1v) is 7.53. The van der Waals surface area contributed by atoms with Crippen molar-refractivity contribution < 1.29 is 9.18 Å². The van der Waals surface area contributed by atoms with E-state index in [2.05, 4.69) is 15.7 Å². The van der Waals surface area contributed by atoms with Gasteiger partial charge in [0, 0.05) is 6.54 Å². The van der Waals surface area contributed by atoms with Crippen LogP contribution < -0.4 is 10.6 Å². The molecule has 118 valence electrons. The Morgan fingerprint density at radius 3 is 2.82 bits per heavy atom. The molecule has 2 amide bonds. The minimum absolute atomic E-state index is 0.252. The molecule has 2 aromatic rings. The summed E-state index contributed by atoms with van der Waals surface area (Å²) < 4.78 is 15.1. The van der Waals surface area contributed by atoms with E-state index >= 15 is 0 Å². The number of aromatic nitrogens is 2. The standard InChI is InChI=1S/C16H21FN4O/c1-3-6-15-14(20-16(22)18-9-4-2)11-19-21(15)13-8-5-7-12(17)10-13/h5,7-8,10-11H,3-4,6,9H2,1-2H3,(H2,18,20,22). The van der Waals surface area contributed by atoms with Crippen molar-refractivity contribution in [3.05, 3.63) is 42.0 Å². The molecule has 0 atom stereocenters. The Morgan fingerprint density at radius 2 is 2.14 bits per heavy atom. The molecule has 1 heterocycles. The second-order valence-corrected chi connectivity index (χ2v) is 5.03. The van der Waals surface area contributed by atoms with Gasteiger partial charge in [0.1, 0.15) is 5.82 Å². The first-order valence-electron chi connectivity index (χ1n) is 7.53. The van der Waals surface area contributed by atoms with Crippen molar-refractivity contribution >= 4 is 11.7 Å². The molecule has 2 N–H and O–H groups in total. The fourth-order valence-electron chi connectivity index (χ4n) is 2.19. The molecule has 0 bridgehead atoms. The molecular weight excluding hydrogens is 283 g/mol. The van der Waals surface area contributed by atoms with Gasteiger partial charge in [-0.25, -0.2) is 13.9 Å². The maximum absolute atomic E-state index is 13.4. The summed E-state index contributed by atoms with van der Waals surface area (Å²) in [6, 6.07) is 5.99. The van der Waals surface area contributed by atoms with Gasteiger partial charge < -0.3 is 10.6 Å². The second-order valence-electron chi connectivity index (χ2n) is 5.03. The van der Waals surface area contributed by atoms with Crippen molar-refractivity contribution in [1.82, 2.24) is 15.1 Å². The van der Waals surface area contributed by atoms with Crippen LogP contribution in [-0.2, 0) is 6.42 Å². The van der Waals surface area contributed by atoms with Crippen LogP contribution in [0.25, 0.3) is 5.69 Å². The molecule has 6 heteroatoms. The highest BCUT2D eigenvalue weighted by Gasteiger charge is 2.14. The van der Waals surface area contributed by atoms with E-state index < -0.39 is 0 Å².